The lowest BCUT2D eigenvalue weighted by molar-refractivity contribution is -0.123. The van der Waals surface area contributed by atoms with Crippen LogP contribution in [0.1, 0.15) is 39.0 Å². The third-order valence-electron chi connectivity index (χ3n) is 3.80. The van der Waals surface area contributed by atoms with Gasteiger partial charge in [0.15, 0.2) is 0 Å². The Hall–Kier alpha value is -1.36. The molecule has 2 amide bonds. The smallest absolute Gasteiger partial charge is 0.240 e. The molecule has 1 saturated carbocycles. The summed E-state index contributed by atoms with van der Waals surface area (Å²) >= 11 is 3.43. The second kappa shape index (κ2) is 7.59. The molecular weight excluding hydrogens is 332 g/mol. The van der Waals surface area contributed by atoms with Gasteiger partial charge in [0.05, 0.1) is 5.69 Å². The highest BCUT2D eigenvalue weighted by Gasteiger charge is 2.20. The maximum atomic E-state index is 12.2. The van der Waals surface area contributed by atoms with Gasteiger partial charge in [-0.05, 0) is 40.9 Å². The number of nitrogens with zero attached hydrogens (tertiary/aromatic N) is 1. The summed E-state index contributed by atoms with van der Waals surface area (Å²) in [6, 6.07) is 7.70. The molecule has 2 rings (SSSR count). The first-order chi connectivity index (χ1) is 10.1. The summed E-state index contributed by atoms with van der Waals surface area (Å²) in [5, 5.41) is 3.05. The fraction of sp³-hybridized carbons (Fsp3) is 0.500. The average molecular weight is 353 g/mol. The van der Waals surface area contributed by atoms with E-state index in [-0.39, 0.29) is 24.4 Å². The molecular formula is C16H21BrN2O2. The fourth-order valence-electron chi connectivity index (χ4n) is 2.70. The van der Waals surface area contributed by atoms with Crippen LogP contribution < -0.4 is 10.2 Å². The lowest BCUT2D eigenvalue weighted by atomic mass is 9.95. The monoisotopic (exact) mass is 352 g/mol. The van der Waals surface area contributed by atoms with Gasteiger partial charge in [-0.1, -0.05) is 31.4 Å². The van der Waals surface area contributed by atoms with Crippen LogP contribution in [0.15, 0.2) is 28.7 Å². The van der Waals surface area contributed by atoms with Crippen LogP contribution >= 0.6 is 15.9 Å². The number of hydrogen-bond acceptors (Lipinski definition) is 2. The molecule has 0 aromatic heterocycles. The van der Waals surface area contributed by atoms with E-state index in [1.54, 1.807) is 0 Å². The van der Waals surface area contributed by atoms with Crippen molar-refractivity contribution in [2.45, 2.75) is 45.1 Å². The van der Waals surface area contributed by atoms with E-state index in [9.17, 15) is 9.59 Å². The van der Waals surface area contributed by atoms with Crippen molar-refractivity contribution >= 4 is 33.4 Å². The van der Waals surface area contributed by atoms with Gasteiger partial charge in [0.1, 0.15) is 6.54 Å². The van der Waals surface area contributed by atoms with Crippen LogP contribution in [-0.4, -0.2) is 24.4 Å². The van der Waals surface area contributed by atoms with Gasteiger partial charge in [-0.15, -0.1) is 0 Å². The van der Waals surface area contributed by atoms with Crippen molar-refractivity contribution in [1.82, 2.24) is 5.32 Å². The quantitative estimate of drug-likeness (QED) is 0.903. The van der Waals surface area contributed by atoms with Crippen molar-refractivity contribution in [2.24, 2.45) is 0 Å². The summed E-state index contributed by atoms with van der Waals surface area (Å²) in [4.78, 5) is 25.5. The van der Waals surface area contributed by atoms with Gasteiger partial charge in [0.2, 0.25) is 11.8 Å². The lowest BCUT2D eigenvalue weighted by Crippen LogP contribution is -2.44. The summed E-state index contributed by atoms with van der Waals surface area (Å²) in [5.41, 5.74) is 0.726. The highest BCUT2D eigenvalue weighted by Crippen LogP contribution is 2.25. The molecule has 0 spiro atoms. The number of carbonyl (C=O) groups excluding carboxylic acids is 2. The number of carbonyl (C=O) groups is 2. The number of benzene rings is 1. The second-order valence-corrected chi connectivity index (χ2v) is 6.31. The van der Waals surface area contributed by atoms with Gasteiger partial charge in [-0.2, -0.15) is 0 Å². The van der Waals surface area contributed by atoms with E-state index in [0.717, 1.165) is 23.0 Å². The topological polar surface area (TPSA) is 49.4 Å². The van der Waals surface area contributed by atoms with Crippen molar-refractivity contribution in [3.8, 4) is 0 Å². The van der Waals surface area contributed by atoms with Crippen LogP contribution in [0.3, 0.4) is 0 Å². The summed E-state index contributed by atoms with van der Waals surface area (Å²) in [7, 11) is 0. The van der Waals surface area contributed by atoms with E-state index < -0.39 is 0 Å². The molecule has 1 aliphatic rings. The van der Waals surface area contributed by atoms with E-state index >= 15 is 0 Å². The third-order valence-corrected chi connectivity index (χ3v) is 4.47. The minimum Gasteiger partial charge on any atom is -0.352 e. The van der Waals surface area contributed by atoms with Gasteiger partial charge in [-0.3, -0.25) is 9.59 Å². The minimum absolute atomic E-state index is 0.0639. The van der Waals surface area contributed by atoms with E-state index in [1.165, 1.54) is 31.1 Å². The average Bonchev–Trinajstić information content (AvgIpc) is 2.46. The van der Waals surface area contributed by atoms with E-state index in [4.69, 9.17) is 0 Å². The number of nitrogens with one attached hydrogen (secondary N) is 1. The number of anilines is 1. The van der Waals surface area contributed by atoms with Gasteiger partial charge in [-0.25, -0.2) is 0 Å². The molecule has 0 aliphatic heterocycles. The molecule has 0 bridgehead atoms. The molecule has 0 unspecified atom stereocenters. The summed E-state index contributed by atoms with van der Waals surface area (Å²) in [5.74, 6) is -0.228. The van der Waals surface area contributed by atoms with Crippen molar-refractivity contribution < 1.29 is 9.59 Å². The van der Waals surface area contributed by atoms with Crippen molar-refractivity contribution in [3.05, 3.63) is 28.7 Å². The van der Waals surface area contributed by atoms with Crippen molar-refractivity contribution in [3.63, 3.8) is 0 Å². The summed E-state index contributed by atoms with van der Waals surface area (Å²) in [6.07, 6.45) is 5.68. The van der Waals surface area contributed by atoms with Gasteiger partial charge >= 0.3 is 0 Å². The second-order valence-electron chi connectivity index (χ2n) is 5.46. The Morgan fingerprint density at radius 2 is 1.90 bits per heavy atom. The maximum Gasteiger partial charge on any atom is 0.240 e. The number of amides is 2. The van der Waals surface area contributed by atoms with Gasteiger partial charge in [0.25, 0.3) is 0 Å². The van der Waals surface area contributed by atoms with E-state index in [1.807, 2.05) is 24.3 Å². The van der Waals surface area contributed by atoms with Gasteiger partial charge < -0.3 is 10.2 Å². The Morgan fingerprint density at radius 3 is 2.52 bits per heavy atom. The van der Waals surface area contributed by atoms with Crippen LogP contribution in [0.4, 0.5) is 5.69 Å². The lowest BCUT2D eigenvalue weighted by Gasteiger charge is -2.26. The Labute approximate surface area is 134 Å². The molecule has 1 aromatic rings. The van der Waals surface area contributed by atoms with Crippen LogP contribution in [-0.2, 0) is 9.59 Å². The summed E-state index contributed by atoms with van der Waals surface area (Å²) in [6.45, 7) is 1.54. The number of para-hydroxylation sites is 1. The minimum atomic E-state index is -0.138. The van der Waals surface area contributed by atoms with Crippen LogP contribution in [0.2, 0.25) is 0 Å². The first-order valence-corrected chi connectivity index (χ1v) is 8.19. The summed E-state index contributed by atoms with van der Waals surface area (Å²) < 4.78 is 0.811. The fourth-order valence-corrected chi connectivity index (χ4v) is 3.20. The normalized spacial score (nSPS) is 15.5. The Kier molecular flexibility index (Phi) is 5.79. The first-order valence-electron chi connectivity index (χ1n) is 7.40. The molecule has 1 aromatic carbocycles. The Morgan fingerprint density at radius 1 is 1.24 bits per heavy atom. The predicted molar refractivity (Wildman–Crippen MR) is 87.2 cm³/mol. The predicted octanol–water partition coefficient (Wildman–Crippen LogP) is 3.25. The third kappa shape index (κ3) is 4.56. The highest BCUT2D eigenvalue weighted by atomic mass is 79.9. The number of hydrogen-bond donors (Lipinski definition) is 1. The highest BCUT2D eigenvalue weighted by molar-refractivity contribution is 9.10. The number of rotatable bonds is 4. The van der Waals surface area contributed by atoms with Crippen LogP contribution in [0, 0.1) is 0 Å². The molecule has 1 fully saturated rings. The zero-order chi connectivity index (χ0) is 15.2. The van der Waals surface area contributed by atoms with E-state index in [0.29, 0.717) is 0 Å². The standard InChI is InChI=1S/C16H21BrN2O2/c1-12(20)19(15-10-6-5-9-14(15)17)11-16(21)18-13-7-3-2-4-8-13/h5-6,9-10,13H,2-4,7-8,11H2,1H3,(H,18,21). The SMILES string of the molecule is CC(=O)N(CC(=O)NC1CCCCC1)c1ccccc1Br. The molecule has 1 aliphatic carbocycles. The largest absolute Gasteiger partial charge is 0.352 e. The molecule has 0 saturated heterocycles. The molecule has 114 valence electrons. The van der Waals surface area contributed by atoms with Crippen molar-refractivity contribution in [1.29, 1.82) is 0 Å². The molecule has 0 heterocycles. The molecule has 1 N–H and O–H groups in total. The van der Waals surface area contributed by atoms with Crippen LogP contribution in [0.25, 0.3) is 0 Å². The maximum absolute atomic E-state index is 12.2. The molecule has 21 heavy (non-hydrogen) atoms. The molecule has 5 heteroatoms. The molecule has 4 nitrogen and oxygen atoms in total. The first kappa shape index (κ1) is 16.0. The zero-order valence-electron chi connectivity index (χ0n) is 12.3. The number of halogens is 1. The zero-order valence-corrected chi connectivity index (χ0v) is 13.9. The Balaban J connectivity index is 2.01. The van der Waals surface area contributed by atoms with Crippen molar-refractivity contribution in [2.75, 3.05) is 11.4 Å². The van der Waals surface area contributed by atoms with E-state index in [2.05, 4.69) is 21.2 Å². The van der Waals surface area contributed by atoms with Crippen LogP contribution in [0.5, 0.6) is 0 Å². The van der Waals surface area contributed by atoms with Gasteiger partial charge in [0, 0.05) is 17.4 Å². The molecule has 0 atom stereocenters. The Bertz CT molecular complexity index is 513. The molecule has 0 radical (unpaired) electrons.